The predicted molar refractivity (Wildman–Crippen MR) is 81.6 cm³/mol. The van der Waals surface area contributed by atoms with Gasteiger partial charge < -0.3 is 0 Å². The van der Waals surface area contributed by atoms with Crippen LogP contribution in [0.25, 0.3) is 0 Å². The van der Waals surface area contributed by atoms with Gasteiger partial charge in [0.25, 0.3) is 0 Å². The molecule has 4 heteroatoms. The SMILES string of the molecule is CC(=O)CC=NCC(N=CCC(C)=O)c1ccccc1. The Bertz CT molecular complexity index is 492. The van der Waals surface area contributed by atoms with Crippen LogP contribution < -0.4 is 0 Å². The lowest BCUT2D eigenvalue weighted by molar-refractivity contribution is -0.116. The highest BCUT2D eigenvalue weighted by Gasteiger charge is 2.07. The lowest BCUT2D eigenvalue weighted by Gasteiger charge is -2.09. The first-order valence-corrected chi connectivity index (χ1v) is 6.63. The first-order valence-electron chi connectivity index (χ1n) is 6.63. The van der Waals surface area contributed by atoms with E-state index in [1.54, 1.807) is 12.4 Å². The Morgan fingerprint density at radius 2 is 1.65 bits per heavy atom. The Kier molecular flexibility index (Phi) is 7.11. The summed E-state index contributed by atoms with van der Waals surface area (Å²) in [6.45, 7) is 3.55. The molecule has 0 radical (unpaired) electrons. The van der Waals surface area contributed by atoms with Crippen LogP contribution >= 0.6 is 0 Å². The van der Waals surface area contributed by atoms with Crippen LogP contribution in [0.15, 0.2) is 40.3 Å². The second kappa shape index (κ2) is 8.91. The van der Waals surface area contributed by atoms with E-state index in [1.807, 2.05) is 30.3 Å². The number of hydrogen-bond donors (Lipinski definition) is 0. The molecule has 1 atom stereocenters. The third-order valence-corrected chi connectivity index (χ3v) is 2.63. The van der Waals surface area contributed by atoms with Crippen molar-refractivity contribution in [3.63, 3.8) is 0 Å². The molecule has 0 fully saturated rings. The molecule has 0 saturated heterocycles. The van der Waals surface area contributed by atoms with Crippen LogP contribution in [0.2, 0.25) is 0 Å². The highest BCUT2D eigenvalue weighted by atomic mass is 16.1. The van der Waals surface area contributed by atoms with Crippen molar-refractivity contribution in [1.82, 2.24) is 0 Å². The molecule has 0 spiro atoms. The van der Waals surface area contributed by atoms with Crippen molar-refractivity contribution >= 4 is 24.0 Å². The molecule has 1 aromatic carbocycles. The van der Waals surface area contributed by atoms with Gasteiger partial charge in [-0.2, -0.15) is 0 Å². The van der Waals surface area contributed by atoms with Gasteiger partial charge in [-0.25, -0.2) is 0 Å². The van der Waals surface area contributed by atoms with Crippen molar-refractivity contribution in [3.8, 4) is 0 Å². The lowest BCUT2D eigenvalue weighted by atomic mass is 10.1. The molecule has 0 aliphatic heterocycles. The maximum atomic E-state index is 10.9. The van der Waals surface area contributed by atoms with Crippen molar-refractivity contribution in [2.75, 3.05) is 6.54 Å². The van der Waals surface area contributed by atoms with Crippen molar-refractivity contribution in [2.24, 2.45) is 9.98 Å². The Hall–Kier alpha value is -2.10. The maximum Gasteiger partial charge on any atom is 0.135 e. The van der Waals surface area contributed by atoms with Crippen molar-refractivity contribution < 1.29 is 9.59 Å². The molecule has 106 valence electrons. The minimum Gasteiger partial charge on any atom is -0.300 e. The Labute approximate surface area is 119 Å². The van der Waals surface area contributed by atoms with Gasteiger partial charge in [-0.1, -0.05) is 30.3 Å². The fraction of sp³-hybridized carbons (Fsp3) is 0.375. The highest BCUT2D eigenvalue weighted by Crippen LogP contribution is 2.17. The van der Waals surface area contributed by atoms with Gasteiger partial charge in [-0.15, -0.1) is 0 Å². The minimum atomic E-state index is -0.112. The number of aliphatic imine (C=N–C) groups is 2. The van der Waals surface area contributed by atoms with Crippen molar-refractivity contribution in [1.29, 1.82) is 0 Å². The van der Waals surface area contributed by atoms with E-state index in [-0.39, 0.29) is 17.6 Å². The van der Waals surface area contributed by atoms with Crippen LogP contribution in [0.4, 0.5) is 0 Å². The quantitative estimate of drug-likeness (QED) is 0.683. The zero-order chi connectivity index (χ0) is 14.8. The van der Waals surface area contributed by atoms with Gasteiger partial charge >= 0.3 is 0 Å². The number of carbonyl (C=O) groups excluding carboxylic acids is 2. The summed E-state index contributed by atoms with van der Waals surface area (Å²) < 4.78 is 0. The molecule has 0 N–H and O–H groups in total. The predicted octanol–water partition coefficient (Wildman–Crippen LogP) is 2.83. The van der Waals surface area contributed by atoms with Gasteiger partial charge in [-0.3, -0.25) is 19.6 Å². The topological polar surface area (TPSA) is 58.9 Å². The summed E-state index contributed by atoms with van der Waals surface area (Å²) in [7, 11) is 0. The maximum absolute atomic E-state index is 10.9. The molecule has 0 amide bonds. The summed E-state index contributed by atoms with van der Waals surface area (Å²) in [6.07, 6.45) is 3.94. The minimum absolute atomic E-state index is 0.0839. The highest BCUT2D eigenvalue weighted by molar-refractivity contribution is 5.90. The van der Waals surface area contributed by atoms with Gasteiger partial charge in [0, 0.05) is 25.3 Å². The molecule has 0 bridgehead atoms. The molecule has 4 nitrogen and oxygen atoms in total. The molecule has 0 saturated carbocycles. The first kappa shape index (κ1) is 16.0. The number of carbonyl (C=O) groups is 2. The molecule has 1 rings (SSSR count). The van der Waals surface area contributed by atoms with Gasteiger partial charge in [-0.05, 0) is 19.4 Å². The van der Waals surface area contributed by atoms with E-state index in [1.165, 1.54) is 13.8 Å². The van der Waals surface area contributed by atoms with Gasteiger partial charge in [0.05, 0.1) is 12.6 Å². The molecule has 0 aliphatic carbocycles. The molecule has 0 aliphatic rings. The number of hydrogen-bond acceptors (Lipinski definition) is 4. The summed E-state index contributed by atoms with van der Waals surface area (Å²) in [6, 6.07) is 9.69. The second-order valence-corrected chi connectivity index (χ2v) is 4.62. The second-order valence-electron chi connectivity index (χ2n) is 4.62. The zero-order valence-corrected chi connectivity index (χ0v) is 12.0. The third-order valence-electron chi connectivity index (χ3n) is 2.63. The fourth-order valence-electron chi connectivity index (χ4n) is 1.59. The molecule has 20 heavy (non-hydrogen) atoms. The Balaban J connectivity index is 2.69. The molecular weight excluding hydrogens is 252 g/mol. The van der Waals surface area contributed by atoms with Crippen LogP contribution in [-0.4, -0.2) is 30.5 Å². The molecular formula is C16H20N2O2. The largest absolute Gasteiger partial charge is 0.300 e. The Morgan fingerprint density at radius 1 is 1.05 bits per heavy atom. The molecule has 1 unspecified atom stereocenters. The van der Waals surface area contributed by atoms with Crippen LogP contribution in [0.3, 0.4) is 0 Å². The summed E-state index contributed by atoms with van der Waals surface area (Å²) in [5.41, 5.74) is 1.05. The van der Waals surface area contributed by atoms with E-state index in [0.29, 0.717) is 19.4 Å². The number of ketones is 2. The van der Waals surface area contributed by atoms with E-state index >= 15 is 0 Å². The molecule has 1 aromatic rings. The normalized spacial score (nSPS) is 12.9. The number of Topliss-reactive ketones (excluding diaryl/α,β-unsaturated/α-hetero) is 2. The number of benzene rings is 1. The summed E-state index contributed by atoms with van der Waals surface area (Å²) >= 11 is 0. The van der Waals surface area contributed by atoms with Crippen LogP contribution in [0.1, 0.15) is 38.3 Å². The van der Waals surface area contributed by atoms with E-state index in [9.17, 15) is 9.59 Å². The van der Waals surface area contributed by atoms with E-state index in [4.69, 9.17) is 0 Å². The standard InChI is InChI=1S/C16H20N2O2/c1-13(19)8-10-17-12-16(18-11-9-14(2)20)15-6-4-3-5-7-15/h3-7,10-11,16H,8-9,12H2,1-2H3. The van der Waals surface area contributed by atoms with Gasteiger partial charge in [0.2, 0.25) is 0 Å². The smallest absolute Gasteiger partial charge is 0.135 e. The van der Waals surface area contributed by atoms with Crippen molar-refractivity contribution in [2.45, 2.75) is 32.7 Å². The van der Waals surface area contributed by atoms with Gasteiger partial charge in [0.15, 0.2) is 0 Å². The summed E-state index contributed by atoms with van der Waals surface area (Å²) in [4.78, 5) is 30.4. The van der Waals surface area contributed by atoms with Crippen LogP contribution in [-0.2, 0) is 9.59 Å². The summed E-state index contributed by atoms with van der Waals surface area (Å²) in [5.74, 6) is 0.172. The van der Waals surface area contributed by atoms with E-state index in [0.717, 1.165) is 5.56 Å². The average Bonchev–Trinajstić information content (AvgIpc) is 2.42. The fourth-order valence-corrected chi connectivity index (χ4v) is 1.59. The lowest BCUT2D eigenvalue weighted by Crippen LogP contribution is -2.02. The summed E-state index contributed by atoms with van der Waals surface area (Å²) in [5, 5.41) is 0. The Morgan fingerprint density at radius 3 is 2.25 bits per heavy atom. The third kappa shape index (κ3) is 6.73. The molecule has 0 aromatic heterocycles. The van der Waals surface area contributed by atoms with Crippen molar-refractivity contribution in [3.05, 3.63) is 35.9 Å². The van der Waals surface area contributed by atoms with E-state index < -0.39 is 0 Å². The van der Waals surface area contributed by atoms with Crippen LogP contribution in [0.5, 0.6) is 0 Å². The van der Waals surface area contributed by atoms with Gasteiger partial charge in [0.1, 0.15) is 11.6 Å². The number of nitrogens with zero attached hydrogens (tertiary/aromatic N) is 2. The van der Waals surface area contributed by atoms with Crippen LogP contribution in [0, 0.1) is 0 Å². The zero-order valence-electron chi connectivity index (χ0n) is 12.0. The molecule has 0 heterocycles. The van der Waals surface area contributed by atoms with E-state index in [2.05, 4.69) is 9.98 Å². The monoisotopic (exact) mass is 272 g/mol. The number of rotatable bonds is 8. The first-order chi connectivity index (χ1) is 9.59. The average molecular weight is 272 g/mol.